The van der Waals surface area contributed by atoms with Crippen molar-refractivity contribution >= 4 is 39.0 Å². The Hall–Kier alpha value is -1.79. The fourth-order valence-corrected chi connectivity index (χ4v) is 4.35. The lowest BCUT2D eigenvalue weighted by Gasteiger charge is -2.18. The number of nitrogens with zero attached hydrogens (tertiary/aromatic N) is 3. The number of hydrogen-bond acceptors (Lipinski definition) is 11. The minimum atomic E-state index is -1.36. The summed E-state index contributed by atoms with van der Waals surface area (Å²) >= 11 is 1.38. The molecule has 0 radical (unpaired) electrons. The average molecular weight is 595 g/mol. The molecule has 6 atom stereocenters. The van der Waals surface area contributed by atoms with Gasteiger partial charge in [0.05, 0.1) is 12.6 Å². The SMILES string of the molecule is O=PO.O=c1ccn(C2OC(CCO)C(O)C2O)c(=O)n1Cc1cnc(-c2ccccc2)s1.OP.OP. The molecule has 204 valence electrons. The van der Waals surface area contributed by atoms with Crippen molar-refractivity contribution < 1.29 is 39.3 Å². The molecule has 1 aromatic carbocycles. The fourth-order valence-electron chi connectivity index (χ4n) is 3.45. The summed E-state index contributed by atoms with van der Waals surface area (Å²) < 4.78 is 16.2. The lowest BCUT2D eigenvalue weighted by molar-refractivity contribution is -0.0458. The molecule has 0 bridgehead atoms. The molecule has 3 heterocycles. The quantitative estimate of drug-likeness (QED) is 0.208. The molecule has 0 spiro atoms. The van der Waals surface area contributed by atoms with Crippen molar-refractivity contribution in [3.8, 4) is 10.6 Å². The lowest BCUT2D eigenvalue weighted by Crippen LogP contribution is -2.43. The van der Waals surface area contributed by atoms with E-state index in [-0.39, 0.29) is 19.6 Å². The summed E-state index contributed by atoms with van der Waals surface area (Å²) in [5.41, 5.74) is -0.220. The van der Waals surface area contributed by atoms with Crippen LogP contribution in [-0.4, -0.2) is 69.0 Å². The van der Waals surface area contributed by atoms with E-state index >= 15 is 0 Å². The van der Waals surface area contributed by atoms with Gasteiger partial charge in [-0.1, -0.05) is 30.3 Å². The Morgan fingerprint density at radius 1 is 1.05 bits per heavy atom. The van der Waals surface area contributed by atoms with E-state index in [0.29, 0.717) is 0 Å². The van der Waals surface area contributed by atoms with Crippen molar-refractivity contribution in [3.05, 3.63) is 74.5 Å². The highest BCUT2D eigenvalue weighted by molar-refractivity contribution is 7.16. The molecule has 0 amide bonds. The molecule has 1 aliphatic heterocycles. The van der Waals surface area contributed by atoms with E-state index in [1.54, 1.807) is 6.20 Å². The number of thiazole rings is 1. The van der Waals surface area contributed by atoms with E-state index in [1.165, 1.54) is 42.5 Å². The number of aromatic nitrogens is 3. The maximum absolute atomic E-state index is 13.0. The van der Waals surface area contributed by atoms with E-state index in [2.05, 4.69) is 4.98 Å². The second kappa shape index (κ2) is 17.7. The van der Waals surface area contributed by atoms with Gasteiger partial charge in [0.25, 0.3) is 5.56 Å². The van der Waals surface area contributed by atoms with Crippen molar-refractivity contribution in [2.75, 3.05) is 6.61 Å². The monoisotopic (exact) mass is 595 g/mol. The van der Waals surface area contributed by atoms with Crippen LogP contribution in [0.1, 0.15) is 17.5 Å². The zero-order chi connectivity index (χ0) is 28.0. The minimum absolute atomic E-state index is 0.0223. The van der Waals surface area contributed by atoms with E-state index in [9.17, 15) is 19.8 Å². The summed E-state index contributed by atoms with van der Waals surface area (Å²) in [5.74, 6) is 0. The molecular weight excluding hydrogens is 567 g/mol. The Labute approximate surface area is 221 Å². The van der Waals surface area contributed by atoms with Gasteiger partial charge in [0, 0.05) is 35.5 Å². The standard InChI is InChI=1S/C20H21N3O6S.HO2P.2H3OP/c24-9-7-14-16(26)17(27)19(29-14)22-8-6-15(25)23(20(22)28)11-13-10-21-18(30-13)12-4-2-1-3-5-12;1-3-2;2*1-2/h1-6,8,10,14,16-17,19,24,26-27H,7,9,11H2;(H,1,2);2*1H,2H2. The van der Waals surface area contributed by atoms with Gasteiger partial charge in [-0.3, -0.25) is 13.9 Å². The molecule has 17 heteroatoms. The predicted octanol–water partition coefficient (Wildman–Crippen LogP) is -0.0936. The van der Waals surface area contributed by atoms with E-state index in [0.717, 1.165) is 24.6 Å². The van der Waals surface area contributed by atoms with Crippen molar-refractivity contribution in [2.45, 2.75) is 37.5 Å². The van der Waals surface area contributed by atoms with Crippen LogP contribution in [0.3, 0.4) is 0 Å². The van der Waals surface area contributed by atoms with Gasteiger partial charge >= 0.3 is 14.4 Å². The fraction of sp³-hybridized carbons (Fsp3) is 0.350. The van der Waals surface area contributed by atoms with Gasteiger partial charge in [-0.05, 0) is 25.4 Å². The molecule has 6 unspecified atom stereocenters. The number of benzene rings is 1. The average Bonchev–Trinajstić information content (AvgIpc) is 3.51. The Kier molecular flexibility index (Phi) is 15.9. The summed E-state index contributed by atoms with van der Waals surface area (Å²) in [6, 6.07) is 10.8. The van der Waals surface area contributed by atoms with Crippen LogP contribution in [0.4, 0.5) is 0 Å². The Morgan fingerprint density at radius 2 is 1.68 bits per heavy atom. The summed E-state index contributed by atoms with van der Waals surface area (Å²) in [6.07, 6.45) is -1.59. The maximum atomic E-state index is 13.0. The first-order valence-electron chi connectivity index (χ1n) is 10.3. The van der Waals surface area contributed by atoms with Gasteiger partial charge in [0.2, 0.25) is 0 Å². The summed E-state index contributed by atoms with van der Waals surface area (Å²) in [7, 11) is 2.00. The molecular formula is C20H28N3O10P3S. The molecule has 1 fully saturated rings. The first kappa shape index (κ1) is 33.2. The molecule has 6 N–H and O–H groups in total. The topological polar surface area (TPSA) is 205 Å². The van der Waals surface area contributed by atoms with Crippen molar-refractivity contribution in [1.29, 1.82) is 0 Å². The van der Waals surface area contributed by atoms with Gasteiger partial charge < -0.3 is 34.7 Å². The second-order valence-electron chi connectivity index (χ2n) is 7.07. The molecule has 4 rings (SSSR count). The number of ether oxygens (including phenoxy) is 1. The first-order valence-corrected chi connectivity index (χ1v) is 13.0. The molecule has 13 nitrogen and oxygen atoms in total. The maximum Gasteiger partial charge on any atom is 0.333 e. The van der Waals surface area contributed by atoms with Crippen molar-refractivity contribution in [1.82, 2.24) is 14.1 Å². The summed E-state index contributed by atoms with van der Waals surface area (Å²) in [6.45, 7) is -0.209. The van der Waals surface area contributed by atoms with Crippen LogP contribution < -0.4 is 11.2 Å². The van der Waals surface area contributed by atoms with Gasteiger partial charge in [-0.15, -0.1) is 11.3 Å². The third kappa shape index (κ3) is 8.88. The van der Waals surface area contributed by atoms with Crippen molar-refractivity contribution in [2.24, 2.45) is 0 Å². The van der Waals surface area contributed by atoms with Gasteiger partial charge in [-0.25, -0.2) is 14.3 Å². The number of rotatable bonds is 6. The van der Waals surface area contributed by atoms with Crippen LogP contribution in [0, 0.1) is 0 Å². The Balaban J connectivity index is 0.000000894. The normalized spacial score (nSPS) is 20.1. The third-order valence-corrected chi connectivity index (χ3v) is 6.04. The van der Waals surface area contributed by atoms with E-state index in [1.807, 2.05) is 30.3 Å². The lowest BCUT2D eigenvalue weighted by atomic mass is 10.1. The largest absolute Gasteiger partial charge is 0.396 e. The highest BCUT2D eigenvalue weighted by Gasteiger charge is 2.43. The van der Waals surface area contributed by atoms with Crippen LogP contribution in [0.25, 0.3) is 10.6 Å². The van der Waals surface area contributed by atoms with Crippen LogP contribution in [-0.2, 0) is 15.8 Å². The zero-order valence-electron chi connectivity index (χ0n) is 19.2. The number of aliphatic hydroxyl groups excluding tert-OH is 3. The Bertz CT molecular complexity index is 1190. The van der Waals surface area contributed by atoms with E-state index < -0.39 is 44.5 Å². The molecule has 1 aliphatic rings. The third-order valence-electron chi connectivity index (χ3n) is 5.01. The Morgan fingerprint density at radius 3 is 2.27 bits per heavy atom. The second-order valence-corrected chi connectivity index (χ2v) is 8.35. The van der Waals surface area contributed by atoms with Crippen LogP contribution >= 0.6 is 39.0 Å². The number of hydrogen-bond donors (Lipinski definition) is 6. The predicted molar refractivity (Wildman–Crippen MR) is 143 cm³/mol. The van der Waals surface area contributed by atoms with Gasteiger partial charge in [0.1, 0.15) is 17.2 Å². The zero-order valence-corrected chi connectivity index (χ0v) is 23.2. The molecule has 0 saturated carbocycles. The van der Waals surface area contributed by atoms with Crippen LogP contribution in [0.5, 0.6) is 0 Å². The smallest absolute Gasteiger partial charge is 0.333 e. The molecule has 0 aliphatic carbocycles. The summed E-state index contributed by atoms with van der Waals surface area (Å²) in [5, 5.41) is 30.3. The van der Waals surface area contributed by atoms with E-state index in [4.69, 9.17) is 29.1 Å². The first-order chi connectivity index (χ1) is 17.9. The van der Waals surface area contributed by atoms with Crippen molar-refractivity contribution in [3.63, 3.8) is 0 Å². The minimum Gasteiger partial charge on any atom is -0.396 e. The molecule has 3 aromatic rings. The van der Waals surface area contributed by atoms with Gasteiger partial charge in [-0.2, -0.15) is 0 Å². The molecule has 1 saturated heterocycles. The highest BCUT2D eigenvalue weighted by Crippen LogP contribution is 2.30. The van der Waals surface area contributed by atoms with Crippen LogP contribution in [0.15, 0.2) is 58.4 Å². The number of aliphatic hydroxyl groups is 3. The highest BCUT2D eigenvalue weighted by atomic mass is 32.1. The van der Waals surface area contributed by atoms with Crippen LogP contribution in [0.2, 0.25) is 0 Å². The molecule has 37 heavy (non-hydrogen) atoms. The molecule has 2 aromatic heterocycles. The van der Waals surface area contributed by atoms with Gasteiger partial charge in [0.15, 0.2) is 6.23 Å². The summed E-state index contributed by atoms with van der Waals surface area (Å²) in [4.78, 5) is 51.2.